The number of ether oxygens (including phenoxy) is 1. The molecule has 2 amide bonds. The number of amides is 2. The van der Waals surface area contributed by atoms with Crippen molar-refractivity contribution >= 4 is 27.5 Å². The molecule has 3 N–H and O–H groups in total. The number of sulfonamides is 1. The molecule has 0 saturated heterocycles. The van der Waals surface area contributed by atoms with E-state index in [9.17, 15) is 22.4 Å². The molecular weight excluding hydrogens is 461 g/mol. The molecule has 0 aliphatic rings. The maximum atomic E-state index is 13.0. The van der Waals surface area contributed by atoms with Crippen LogP contribution in [0.2, 0.25) is 0 Å². The number of nitrogens with one attached hydrogen (secondary N) is 3. The molecule has 34 heavy (non-hydrogen) atoms. The molecule has 0 aliphatic carbocycles. The molecule has 0 fully saturated rings. The predicted molar refractivity (Wildman–Crippen MR) is 125 cm³/mol. The first-order valence-corrected chi connectivity index (χ1v) is 11.8. The monoisotopic (exact) mass is 485 g/mol. The van der Waals surface area contributed by atoms with Gasteiger partial charge in [0.25, 0.3) is 10.0 Å². The Morgan fingerprint density at radius 1 is 0.824 bits per heavy atom. The van der Waals surface area contributed by atoms with E-state index in [1.54, 1.807) is 31.4 Å². The lowest BCUT2D eigenvalue weighted by molar-refractivity contribution is -0.125. The van der Waals surface area contributed by atoms with E-state index >= 15 is 0 Å². The lowest BCUT2D eigenvalue weighted by atomic mass is 10.1. The molecule has 0 aromatic heterocycles. The molecular formula is C24H24FN3O5S. The molecule has 0 bridgehead atoms. The quantitative estimate of drug-likeness (QED) is 0.409. The molecule has 8 nitrogen and oxygen atoms in total. The SMILES string of the molecule is COc1ccc(CNC(=O)CNC(=O)Cc2ccc(NS(=O)(=O)c3ccc(F)cc3)cc2)cc1. The van der Waals surface area contributed by atoms with Crippen LogP contribution in [-0.2, 0) is 32.6 Å². The van der Waals surface area contributed by atoms with Crippen molar-refractivity contribution in [3.8, 4) is 5.75 Å². The summed E-state index contributed by atoms with van der Waals surface area (Å²) >= 11 is 0. The fourth-order valence-corrected chi connectivity index (χ4v) is 4.01. The van der Waals surface area contributed by atoms with Crippen LogP contribution in [0.1, 0.15) is 11.1 Å². The van der Waals surface area contributed by atoms with Crippen LogP contribution in [0.4, 0.5) is 10.1 Å². The van der Waals surface area contributed by atoms with E-state index in [1.165, 1.54) is 24.3 Å². The van der Waals surface area contributed by atoms with Crippen molar-refractivity contribution in [1.82, 2.24) is 10.6 Å². The summed E-state index contributed by atoms with van der Waals surface area (Å²) < 4.78 is 45.2. The third-order valence-corrected chi connectivity index (χ3v) is 6.19. The highest BCUT2D eigenvalue weighted by molar-refractivity contribution is 7.92. The lowest BCUT2D eigenvalue weighted by Crippen LogP contribution is -2.37. The zero-order chi connectivity index (χ0) is 24.6. The molecule has 3 aromatic rings. The minimum Gasteiger partial charge on any atom is -0.497 e. The lowest BCUT2D eigenvalue weighted by Gasteiger charge is -2.10. The Bertz CT molecular complexity index is 1230. The summed E-state index contributed by atoms with van der Waals surface area (Å²) in [6.07, 6.45) is 0.0246. The van der Waals surface area contributed by atoms with Gasteiger partial charge in [-0.2, -0.15) is 0 Å². The number of rotatable bonds is 10. The van der Waals surface area contributed by atoms with Crippen LogP contribution in [0.3, 0.4) is 0 Å². The van der Waals surface area contributed by atoms with Crippen molar-refractivity contribution in [1.29, 1.82) is 0 Å². The van der Waals surface area contributed by atoms with Crippen LogP contribution in [-0.4, -0.2) is 33.9 Å². The van der Waals surface area contributed by atoms with Gasteiger partial charge in [0, 0.05) is 12.2 Å². The summed E-state index contributed by atoms with van der Waals surface area (Å²) in [5, 5.41) is 5.27. The van der Waals surface area contributed by atoms with Crippen molar-refractivity contribution in [2.45, 2.75) is 17.9 Å². The van der Waals surface area contributed by atoms with Crippen LogP contribution >= 0.6 is 0 Å². The first-order chi connectivity index (χ1) is 16.2. The molecule has 0 aliphatic heterocycles. The first-order valence-electron chi connectivity index (χ1n) is 10.3. The maximum Gasteiger partial charge on any atom is 0.261 e. The molecule has 0 atom stereocenters. The molecule has 178 valence electrons. The van der Waals surface area contributed by atoms with Gasteiger partial charge in [-0.15, -0.1) is 0 Å². The Kier molecular flexibility index (Phi) is 8.20. The van der Waals surface area contributed by atoms with Gasteiger partial charge in [0.05, 0.1) is 25.0 Å². The minimum atomic E-state index is -3.86. The Morgan fingerprint density at radius 3 is 2.06 bits per heavy atom. The molecule has 0 radical (unpaired) electrons. The van der Waals surface area contributed by atoms with Gasteiger partial charge in [-0.3, -0.25) is 14.3 Å². The number of hydrogen-bond donors (Lipinski definition) is 3. The van der Waals surface area contributed by atoms with Gasteiger partial charge < -0.3 is 15.4 Å². The highest BCUT2D eigenvalue weighted by Crippen LogP contribution is 2.17. The average molecular weight is 486 g/mol. The summed E-state index contributed by atoms with van der Waals surface area (Å²) in [6.45, 7) is 0.165. The first kappa shape index (κ1) is 24.7. The summed E-state index contributed by atoms with van der Waals surface area (Å²) in [7, 11) is -2.29. The van der Waals surface area contributed by atoms with Crippen LogP contribution in [0.5, 0.6) is 5.75 Å². The second-order valence-electron chi connectivity index (χ2n) is 7.33. The molecule has 3 rings (SSSR count). The second-order valence-corrected chi connectivity index (χ2v) is 9.02. The van der Waals surface area contributed by atoms with E-state index in [0.29, 0.717) is 17.8 Å². The molecule has 0 saturated carbocycles. The van der Waals surface area contributed by atoms with E-state index in [2.05, 4.69) is 15.4 Å². The number of halogens is 1. The van der Waals surface area contributed by atoms with E-state index in [0.717, 1.165) is 23.4 Å². The highest BCUT2D eigenvalue weighted by atomic mass is 32.2. The number of carbonyl (C=O) groups excluding carboxylic acids is 2. The van der Waals surface area contributed by atoms with Crippen LogP contribution in [0.25, 0.3) is 0 Å². The number of methoxy groups -OCH3 is 1. The van der Waals surface area contributed by atoms with Gasteiger partial charge >= 0.3 is 0 Å². The van der Waals surface area contributed by atoms with Crippen molar-refractivity contribution in [3.63, 3.8) is 0 Å². The van der Waals surface area contributed by atoms with E-state index in [4.69, 9.17) is 4.74 Å². The standard InChI is InChI=1S/C24H24FN3O5S/c1-33-21-10-4-18(5-11-21)15-26-24(30)16-27-23(29)14-17-2-8-20(9-3-17)28-34(31,32)22-12-6-19(25)7-13-22/h2-13,28H,14-16H2,1H3,(H,26,30)(H,27,29). The molecule has 0 spiro atoms. The third-order valence-electron chi connectivity index (χ3n) is 4.79. The summed E-state index contributed by atoms with van der Waals surface area (Å²) in [6, 6.07) is 18.0. The molecule has 0 unspecified atom stereocenters. The molecule has 3 aromatic carbocycles. The molecule has 10 heteroatoms. The summed E-state index contributed by atoms with van der Waals surface area (Å²) in [4.78, 5) is 24.0. The van der Waals surface area contributed by atoms with Crippen LogP contribution in [0.15, 0.2) is 77.7 Å². The van der Waals surface area contributed by atoms with Crippen molar-refractivity contribution in [2.75, 3.05) is 18.4 Å². The number of carbonyl (C=O) groups is 2. The Balaban J connectivity index is 1.44. The number of anilines is 1. The van der Waals surface area contributed by atoms with Crippen molar-refractivity contribution < 1.29 is 27.1 Å². The normalized spacial score (nSPS) is 10.9. The zero-order valence-electron chi connectivity index (χ0n) is 18.4. The van der Waals surface area contributed by atoms with E-state index in [-0.39, 0.29) is 29.7 Å². The second kappa shape index (κ2) is 11.3. The fraction of sp³-hybridized carbons (Fsp3) is 0.167. The van der Waals surface area contributed by atoms with Crippen LogP contribution < -0.4 is 20.1 Å². The van der Waals surface area contributed by atoms with Crippen LogP contribution in [0, 0.1) is 5.82 Å². The van der Waals surface area contributed by atoms with Gasteiger partial charge in [-0.05, 0) is 59.7 Å². The number of benzene rings is 3. The van der Waals surface area contributed by atoms with E-state index < -0.39 is 15.8 Å². The van der Waals surface area contributed by atoms with Gasteiger partial charge in [0.1, 0.15) is 11.6 Å². The summed E-state index contributed by atoms with van der Waals surface area (Å²) in [5.74, 6) is -0.481. The Hall–Kier alpha value is -3.92. The highest BCUT2D eigenvalue weighted by Gasteiger charge is 2.14. The smallest absolute Gasteiger partial charge is 0.261 e. The van der Waals surface area contributed by atoms with Gasteiger partial charge in [-0.1, -0.05) is 24.3 Å². The predicted octanol–water partition coefficient (Wildman–Crippen LogP) is 2.61. The van der Waals surface area contributed by atoms with Gasteiger partial charge in [0.15, 0.2) is 0 Å². The molecule has 0 heterocycles. The zero-order valence-corrected chi connectivity index (χ0v) is 19.2. The fourth-order valence-electron chi connectivity index (χ4n) is 2.95. The van der Waals surface area contributed by atoms with Gasteiger partial charge in [-0.25, -0.2) is 12.8 Å². The number of hydrogen-bond acceptors (Lipinski definition) is 5. The summed E-state index contributed by atoms with van der Waals surface area (Å²) in [5.41, 5.74) is 1.84. The average Bonchev–Trinajstić information content (AvgIpc) is 2.83. The third kappa shape index (κ3) is 7.31. The van der Waals surface area contributed by atoms with Crippen molar-refractivity contribution in [3.05, 3.63) is 89.7 Å². The largest absolute Gasteiger partial charge is 0.497 e. The van der Waals surface area contributed by atoms with Crippen molar-refractivity contribution in [2.24, 2.45) is 0 Å². The van der Waals surface area contributed by atoms with Gasteiger partial charge in [0.2, 0.25) is 11.8 Å². The topological polar surface area (TPSA) is 114 Å². The Morgan fingerprint density at radius 2 is 1.44 bits per heavy atom. The minimum absolute atomic E-state index is 0.0246. The van der Waals surface area contributed by atoms with E-state index in [1.807, 2.05) is 12.1 Å². The maximum absolute atomic E-state index is 13.0. The Labute approximate surface area is 197 Å².